The lowest BCUT2D eigenvalue weighted by Crippen LogP contribution is -2.32. The second-order valence-electron chi connectivity index (χ2n) is 6.93. The number of hydrogen-bond acceptors (Lipinski definition) is 5. The van der Waals surface area contributed by atoms with Crippen molar-refractivity contribution in [2.45, 2.75) is 12.0 Å². The Balaban J connectivity index is 1.96. The molecule has 0 fully saturated rings. The Morgan fingerprint density at radius 1 is 1.03 bits per heavy atom. The van der Waals surface area contributed by atoms with Crippen molar-refractivity contribution in [3.8, 4) is 5.75 Å². The summed E-state index contributed by atoms with van der Waals surface area (Å²) >= 11 is 0. The number of rotatable bonds is 9. The van der Waals surface area contributed by atoms with Gasteiger partial charge in [0.15, 0.2) is 0 Å². The Kier molecular flexibility index (Phi) is 7.27. The third kappa shape index (κ3) is 5.42. The summed E-state index contributed by atoms with van der Waals surface area (Å²) in [4.78, 5) is 17.5. The van der Waals surface area contributed by atoms with Crippen molar-refractivity contribution in [3.05, 3.63) is 95.8 Å². The van der Waals surface area contributed by atoms with E-state index in [1.807, 2.05) is 48.5 Å². The van der Waals surface area contributed by atoms with Crippen molar-refractivity contribution in [2.75, 3.05) is 19.5 Å². The van der Waals surface area contributed by atoms with Crippen LogP contribution in [0.15, 0.2) is 83.9 Å². The Hall–Kier alpha value is -3.80. The van der Waals surface area contributed by atoms with Crippen LogP contribution in [-0.4, -0.2) is 31.9 Å². The van der Waals surface area contributed by atoms with Crippen molar-refractivity contribution in [1.82, 2.24) is 0 Å². The van der Waals surface area contributed by atoms with Crippen molar-refractivity contribution >= 4 is 23.4 Å². The monoisotopic (exact) mass is 417 g/mol. The number of methoxy groups -OCH3 is 1. The lowest BCUT2D eigenvalue weighted by molar-refractivity contribution is -0.113. The summed E-state index contributed by atoms with van der Waals surface area (Å²) in [6, 6.07) is 21.5. The van der Waals surface area contributed by atoms with Gasteiger partial charge in [0.25, 0.3) is 0 Å². The standard InChI is InChI=1S/C25H24FN3O2/c1-28-16-22(17-11-13-19(26)14-12-17)23(27)25(30)24(18-7-4-3-5-8-18)29-20-9-6-10-21(15-20)31-2/h3-16,22,24,27,29H,1-2H3. The van der Waals surface area contributed by atoms with Gasteiger partial charge in [-0.3, -0.25) is 9.79 Å². The van der Waals surface area contributed by atoms with Gasteiger partial charge in [-0.05, 0) is 35.4 Å². The SMILES string of the molecule is CN=CC(C(=N)C(=O)C(Nc1cccc(OC)c1)c1ccccc1)c1ccc(F)cc1. The van der Waals surface area contributed by atoms with Crippen LogP contribution in [0.2, 0.25) is 0 Å². The van der Waals surface area contributed by atoms with Gasteiger partial charge in [0, 0.05) is 25.0 Å². The van der Waals surface area contributed by atoms with E-state index in [1.54, 1.807) is 32.4 Å². The first kappa shape index (κ1) is 21.9. The van der Waals surface area contributed by atoms with Crippen LogP contribution in [0.25, 0.3) is 0 Å². The van der Waals surface area contributed by atoms with Crippen molar-refractivity contribution < 1.29 is 13.9 Å². The number of Topliss-reactive ketones (excluding diaryl/α,β-unsaturated/α-hetero) is 1. The summed E-state index contributed by atoms with van der Waals surface area (Å²) in [5, 5.41) is 11.9. The summed E-state index contributed by atoms with van der Waals surface area (Å²) in [6.07, 6.45) is 1.53. The Bertz CT molecular complexity index is 1070. The molecule has 2 unspecified atom stereocenters. The van der Waals surface area contributed by atoms with E-state index in [-0.39, 0.29) is 11.5 Å². The fourth-order valence-electron chi connectivity index (χ4n) is 3.28. The largest absolute Gasteiger partial charge is 0.497 e. The van der Waals surface area contributed by atoms with Crippen LogP contribution in [0.3, 0.4) is 0 Å². The molecule has 0 aliphatic rings. The van der Waals surface area contributed by atoms with Gasteiger partial charge >= 0.3 is 0 Å². The van der Waals surface area contributed by atoms with E-state index >= 15 is 0 Å². The van der Waals surface area contributed by atoms with Crippen LogP contribution in [-0.2, 0) is 4.79 Å². The van der Waals surface area contributed by atoms with E-state index in [2.05, 4.69) is 10.3 Å². The molecule has 0 aliphatic carbocycles. The molecule has 0 heterocycles. The van der Waals surface area contributed by atoms with Crippen LogP contribution in [0.5, 0.6) is 5.75 Å². The predicted octanol–water partition coefficient (Wildman–Crippen LogP) is 5.06. The summed E-state index contributed by atoms with van der Waals surface area (Å²) in [5.41, 5.74) is 1.91. The molecule has 3 rings (SSSR count). The molecule has 0 spiro atoms. The molecule has 0 bridgehead atoms. The minimum atomic E-state index is -0.783. The zero-order valence-corrected chi connectivity index (χ0v) is 17.4. The molecule has 0 saturated carbocycles. The quantitative estimate of drug-likeness (QED) is 0.478. The summed E-state index contributed by atoms with van der Waals surface area (Å²) < 4.78 is 18.6. The van der Waals surface area contributed by atoms with E-state index in [1.165, 1.54) is 18.3 Å². The maximum atomic E-state index is 13.5. The van der Waals surface area contributed by atoms with Crippen molar-refractivity contribution in [1.29, 1.82) is 5.41 Å². The smallest absolute Gasteiger partial charge is 0.204 e. The average molecular weight is 417 g/mol. The van der Waals surface area contributed by atoms with E-state index in [0.717, 1.165) is 5.56 Å². The maximum Gasteiger partial charge on any atom is 0.204 e. The van der Waals surface area contributed by atoms with Crippen molar-refractivity contribution in [3.63, 3.8) is 0 Å². The van der Waals surface area contributed by atoms with Gasteiger partial charge in [-0.2, -0.15) is 0 Å². The van der Waals surface area contributed by atoms with Gasteiger partial charge in [0.1, 0.15) is 17.6 Å². The van der Waals surface area contributed by atoms with Gasteiger partial charge < -0.3 is 15.5 Å². The molecule has 3 aromatic carbocycles. The first-order valence-electron chi connectivity index (χ1n) is 9.79. The van der Waals surface area contributed by atoms with Gasteiger partial charge in [-0.1, -0.05) is 48.5 Å². The molecule has 5 nitrogen and oxygen atoms in total. The van der Waals surface area contributed by atoms with Gasteiger partial charge in [-0.25, -0.2) is 4.39 Å². The minimum Gasteiger partial charge on any atom is -0.497 e. The molecule has 158 valence electrons. The maximum absolute atomic E-state index is 13.5. The van der Waals surface area contributed by atoms with Crippen LogP contribution in [0, 0.1) is 11.2 Å². The van der Waals surface area contributed by atoms with Crippen LogP contribution in [0.1, 0.15) is 23.1 Å². The van der Waals surface area contributed by atoms with Gasteiger partial charge in [0.2, 0.25) is 5.78 Å². The van der Waals surface area contributed by atoms with Crippen LogP contribution >= 0.6 is 0 Å². The van der Waals surface area contributed by atoms with Crippen LogP contribution in [0.4, 0.5) is 10.1 Å². The third-order valence-corrected chi connectivity index (χ3v) is 4.88. The number of carbonyl (C=O) groups excluding carboxylic acids is 1. The van der Waals surface area contributed by atoms with E-state index < -0.39 is 17.7 Å². The molecule has 0 radical (unpaired) electrons. The fourth-order valence-corrected chi connectivity index (χ4v) is 3.28. The molecular weight excluding hydrogens is 393 g/mol. The fraction of sp³-hybridized carbons (Fsp3) is 0.160. The summed E-state index contributed by atoms with van der Waals surface area (Å²) in [6.45, 7) is 0. The normalized spacial score (nSPS) is 12.9. The molecule has 3 aromatic rings. The molecule has 31 heavy (non-hydrogen) atoms. The topological polar surface area (TPSA) is 74.5 Å². The number of aliphatic imine (C=N–C) groups is 1. The molecule has 2 atom stereocenters. The van der Waals surface area contributed by atoms with E-state index in [9.17, 15) is 9.18 Å². The molecule has 0 amide bonds. The first-order valence-corrected chi connectivity index (χ1v) is 9.79. The zero-order valence-electron chi connectivity index (χ0n) is 17.4. The number of hydrogen-bond donors (Lipinski definition) is 2. The number of nitrogens with one attached hydrogen (secondary N) is 2. The zero-order chi connectivity index (χ0) is 22.2. The Morgan fingerprint density at radius 3 is 2.39 bits per heavy atom. The first-order chi connectivity index (χ1) is 15.0. The highest BCUT2D eigenvalue weighted by Gasteiger charge is 2.29. The summed E-state index contributed by atoms with van der Waals surface area (Å²) in [7, 11) is 3.16. The second kappa shape index (κ2) is 10.3. The number of ether oxygens (including phenoxy) is 1. The Labute approximate surface area is 181 Å². The number of halogens is 1. The summed E-state index contributed by atoms with van der Waals surface area (Å²) in [5.74, 6) is -0.808. The van der Waals surface area contributed by atoms with E-state index in [4.69, 9.17) is 10.1 Å². The molecule has 0 aromatic heterocycles. The lowest BCUT2D eigenvalue weighted by Gasteiger charge is -2.22. The highest BCUT2D eigenvalue weighted by molar-refractivity contribution is 6.45. The number of ketones is 1. The van der Waals surface area contributed by atoms with Gasteiger partial charge in [0.05, 0.1) is 18.7 Å². The molecule has 0 aliphatic heterocycles. The minimum absolute atomic E-state index is 0.138. The lowest BCUT2D eigenvalue weighted by atomic mass is 9.88. The van der Waals surface area contributed by atoms with Gasteiger partial charge in [-0.15, -0.1) is 0 Å². The van der Waals surface area contributed by atoms with Crippen molar-refractivity contribution in [2.24, 2.45) is 4.99 Å². The highest BCUT2D eigenvalue weighted by atomic mass is 19.1. The van der Waals surface area contributed by atoms with E-state index in [0.29, 0.717) is 17.0 Å². The average Bonchev–Trinajstić information content (AvgIpc) is 2.81. The molecule has 6 heteroatoms. The number of nitrogens with zero attached hydrogens (tertiary/aromatic N) is 1. The molecule has 2 N–H and O–H groups in total. The predicted molar refractivity (Wildman–Crippen MR) is 122 cm³/mol. The molecular formula is C25H24FN3O2. The highest BCUT2D eigenvalue weighted by Crippen LogP contribution is 2.26. The number of benzene rings is 3. The second-order valence-corrected chi connectivity index (χ2v) is 6.93. The van der Waals surface area contributed by atoms with Crippen LogP contribution < -0.4 is 10.1 Å². The number of carbonyl (C=O) groups is 1. The number of anilines is 1. The third-order valence-electron chi connectivity index (χ3n) is 4.88. The molecule has 0 saturated heterocycles. The Morgan fingerprint density at radius 2 is 1.74 bits per heavy atom.